The van der Waals surface area contributed by atoms with E-state index in [1.165, 1.54) is 35.5 Å². The molecule has 1 fully saturated rings. The molecule has 2 aromatic heterocycles. The predicted octanol–water partition coefficient (Wildman–Crippen LogP) is 3.99. The van der Waals surface area contributed by atoms with Gasteiger partial charge in [0.05, 0.1) is 10.6 Å². The van der Waals surface area contributed by atoms with Gasteiger partial charge >= 0.3 is 0 Å². The quantitative estimate of drug-likeness (QED) is 0.819. The molecule has 0 unspecified atom stereocenters. The molecular formula is C15H16N2O2S2. The molecule has 1 saturated carbocycles. The van der Waals surface area contributed by atoms with E-state index in [4.69, 9.17) is 0 Å². The molecule has 1 N–H and O–H groups in total. The molecule has 1 amide bonds. The first-order valence-electron chi connectivity index (χ1n) is 6.97. The molecule has 0 aromatic carbocycles. The summed E-state index contributed by atoms with van der Waals surface area (Å²) in [6, 6.07) is 3.75. The van der Waals surface area contributed by atoms with E-state index in [0.29, 0.717) is 11.0 Å². The summed E-state index contributed by atoms with van der Waals surface area (Å²) in [4.78, 5) is 30.0. The molecule has 21 heavy (non-hydrogen) atoms. The molecule has 1 aliphatic carbocycles. The molecule has 0 spiro atoms. The lowest BCUT2D eigenvalue weighted by molar-refractivity contribution is -0.116. The monoisotopic (exact) mass is 320 g/mol. The second-order valence-electron chi connectivity index (χ2n) is 5.23. The van der Waals surface area contributed by atoms with Crippen molar-refractivity contribution in [1.82, 2.24) is 4.98 Å². The number of aryl methyl sites for hydroxylation is 1. The number of carbonyl (C=O) groups excluding carboxylic acids is 2. The van der Waals surface area contributed by atoms with Crippen LogP contribution in [-0.2, 0) is 4.79 Å². The number of ketones is 1. The highest BCUT2D eigenvalue weighted by molar-refractivity contribution is 7.14. The van der Waals surface area contributed by atoms with Crippen LogP contribution in [0.25, 0.3) is 0 Å². The van der Waals surface area contributed by atoms with Crippen molar-refractivity contribution < 1.29 is 9.59 Å². The number of aromatic nitrogens is 1. The van der Waals surface area contributed by atoms with Crippen LogP contribution in [0, 0.1) is 6.92 Å². The fourth-order valence-electron chi connectivity index (χ4n) is 2.03. The molecule has 2 heterocycles. The third kappa shape index (κ3) is 3.77. The number of anilines is 1. The van der Waals surface area contributed by atoms with Gasteiger partial charge in [-0.05, 0) is 31.9 Å². The molecular weight excluding hydrogens is 304 g/mol. The lowest BCUT2D eigenvalue weighted by Gasteiger charge is -2.00. The number of hydrogen-bond acceptors (Lipinski definition) is 5. The number of thiazole rings is 1. The number of amides is 1. The van der Waals surface area contributed by atoms with E-state index in [1.807, 2.05) is 24.4 Å². The van der Waals surface area contributed by atoms with Gasteiger partial charge in [-0.25, -0.2) is 4.98 Å². The van der Waals surface area contributed by atoms with E-state index in [9.17, 15) is 9.59 Å². The summed E-state index contributed by atoms with van der Waals surface area (Å²) in [7, 11) is 0. The van der Waals surface area contributed by atoms with Gasteiger partial charge in [-0.1, -0.05) is 0 Å². The largest absolute Gasteiger partial charge is 0.302 e. The second-order valence-corrected chi connectivity index (χ2v) is 7.38. The van der Waals surface area contributed by atoms with E-state index in [1.54, 1.807) is 0 Å². The van der Waals surface area contributed by atoms with Gasteiger partial charge in [-0.3, -0.25) is 9.59 Å². The third-order valence-corrected chi connectivity index (χ3v) is 5.18. The van der Waals surface area contributed by atoms with Crippen molar-refractivity contribution in [3.63, 3.8) is 0 Å². The summed E-state index contributed by atoms with van der Waals surface area (Å²) in [5.74, 6) is 0.477. The van der Waals surface area contributed by atoms with Crippen molar-refractivity contribution in [3.8, 4) is 0 Å². The number of nitrogens with one attached hydrogen (secondary N) is 1. The SMILES string of the molecule is Cc1ccc(C(=O)CCC(=O)Nc2nc(C3CC3)cs2)s1. The number of Topliss-reactive ketones (excluding diaryl/α,β-unsaturated/α-hetero) is 1. The van der Waals surface area contributed by atoms with Crippen molar-refractivity contribution in [2.24, 2.45) is 0 Å². The van der Waals surface area contributed by atoms with Gasteiger partial charge in [0, 0.05) is 29.0 Å². The average Bonchev–Trinajstić information content (AvgIpc) is 3.06. The Morgan fingerprint density at radius 1 is 1.33 bits per heavy atom. The van der Waals surface area contributed by atoms with Crippen LogP contribution >= 0.6 is 22.7 Å². The summed E-state index contributed by atoms with van der Waals surface area (Å²) in [6.07, 6.45) is 2.85. The Bertz CT molecular complexity index is 671. The third-order valence-electron chi connectivity index (χ3n) is 3.36. The van der Waals surface area contributed by atoms with Crippen LogP contribution in [0.4, 0.5) is 5.13 Å². The van der Waals surface area contributed by atoms with Crippen molar-refractivity contribution in [2.75, 3.05) is 5.32 Å². The second kappa shape index (κ2) is 6.07. The molecule has 3 rings (SSSR count). The Hall–Kier alpha value is -1.53. The van der Waals surface area contributed by atoms with Crippen molar-refractivity contribution >= 4 is 39.5 Å². The summed E-state index contributed by atoms with van der Waals surface area (Å²) in [5, 5.41) is 5.42. The van der Waals surface area contributed by atoms with E-state index < -0.39 is 0 Å². The Morgan fingerprint density at radius 2 is 2.14 bits per heavy atom. The van der Waals surface area contributed by atoms with Gasteiger partial charge in [0.1, 0.15) is 0 Å². The van der Waals surface area contributed by atoms with Crippen LogP contribution in [0.2, 0.25) is 0 Å². The lowest BCUT2D eigenvalue weighted by atomic mass is 10.2. The van der Waals surface area contributed by atoms with Crippen LogP contribution in [0.5, 0.6) is 0 Å². The molecule has 0 radical (unpaired) electrons. The number of thiophene rings is 1. The van der Waals surface area contributed by atoms with Crippen LogP contribution in [0.3, 0.4) is 0 Å². The normalized spacial score (nSPS) is 14.1. The highest BCUT2D eigenvalue weighted by Gasteiger charge is 2.26. The summed E-state index contributed by atoms with van der Waals surface area (Å²) in [5.41, 5.74) is 1.08. The Balaban J connectivity index is 1.48. The Kier molecular flexibility index (Phi) is 4.17. The molecule has 110 valence electrons. The minimum Gasteiger partial charge on any atom is -0.302 e. The molecule has 0 atom stereocenters. The van der Waals surface area contributed by atoms with E-state index in [0.717, 1.165) is 15.4 Å². The topological polar surface area (TPSA) is 59.1 Å². The van der Waals surface area contributed by atoms with Crippen LogP contribution in [-0.4, -0.2) is 16.7 Å². The first-order valence-corrected chi connectivity index (χ1v) is 8.66. The molecule has 2 aromatic rings. The maximum atomic E-state index is 11.9. The smallest absolute Gasteiger partial charge is 0.226 e. The zero-order valence-electron chi connectivity index (χ0n) is 11.7. The maximum absolute atomic E-state index is 11.9. The first-order chi connectivity index (χ1) is 10.1. The van der Waals surface area contributed by atoms with Crippen molar-refractivity contribution in [1.29, 1.82) is 0 Å². The summed E-state index contributed by atoms with van der Waals surface area (Å²) < 4.78 is 0. The maximum Gasteiger partial charge on any atom is 0.226 e. The number of rotatable bonds is 6. The van der Waals surface area contributed by atoms with Gasteiger partial charge in [0.15, 0.2) is 10.9 Å². The molecule has 0 aliphatic heterocycles. The standard InChI is InChI=1S/C15H16N2O2S2/c1-9-2-6-13(21-9)12(18)5-7-14(19)17-15-16-11(8-20-15)10-3-4-10/h2,6,8,10H,3-5,7H2,1H3,(H,16,17,19). The zero-order chi connectivity index (χ0) is 14.8. The van der Waals surface area contributed by atoms with Crippen molar-refractivity contribution in [2.45, 2.75) is 38.5 Å². The van der Waals surface area contributed by atoms with E-state index in [2.05, 4.69) is 10.3 Å². The van der Waals surface area contributed by atoms with Crippen LogP contribution in [0.1, 0.15) is 51.8 Å². The highest BCUT2D eigenvalue weighted by atomic mass is 32.1. The van der Waals surface area contributed by atoms with Crippen molar-refractivity contribution in [3.05, 3.63) is 33.0 Å². The minimum atomic E-state index is -0.145. The molecule has 6 heteroatoms. The average molecular weight is 320 g/mol. The minimum absolute atomic E-state index is 0.0288. The van der Waals surface area contributed by atoms with E-state index in [-0.39, 0.29) is 24.5 Å². The molecule has 0 bridgehead atoms. The number of nitrogens with zero attached hydrogens (tertiary/aromatic N) is 1. The lowest BCUT2D eigenvalue weighted by Crippen LogP contribution is -2.13. The van der Waals surface area contributed by atoms with Crippen LogP contribution in [0.15, 0.2) is 17.5 Å². The van der Waals surface area contributed by atoms with Gasteiger partial charge in [0.25, 0.3) is 0 Å². The fourth-order valence-corrected chi connectivity index (χ4v) is 3.67. The van der Waals surface area contributed by atoms with Gasteiger partial charge in [-0.15, -0.1) is 22.7 Å². The van der Waals surface area contributed by atoms with Gasteiger partial charge in [-0.2, -0.15) is 0 Å². The van der Waals surface area contributed by atoms with Gasteiger partial charge in [0.2, 0.25) is 5.91 Å². The zero-order valence-corrected chi connectivity index (χ0v) is 13.4. The summed E-state index contributed by atoms with van der Waals surface area (Å²) >= 11 is 2.93. The Morgan fingerprint density at radius 3 is 2.81 bits per heavy atom. The predicted molar refractivity (Wildman–Crippen MR) is 85.3 cm³/mol. The molecule has 4 nitrogen and oxygen atoms in total. The van der Waals surface area contributed by atoms with E-state index >= 15 is 0 Å². The molecule has 0 saturated heterocycles. The Labute approximate surface area is 131 Å². The highest BCUT2D eigenvalue weighted by Crippen LogP contribution is 2.40. The number of hydrogen-bond donors (Lipinski definition) is 1. The van der Waals surface area contributed by atoms with Gasteiger partial charge < -0.3 is 5.32 Å². The molecule has 1 aliphatic rings. The number of carbonyl (C=O) groups is 2. The van der Waals surface area contributed by atoms with Crippen LogP contribution < -0.4 is 5.32 Å². The fraction of sp³-hybridized carbons (Fsp3) is 0.400. The summed E-state index contributed by atoms with van der Waals surface area (Å²) in [6.45, 7) is 1.97. The first kappa shape index (κ1) is 14.4.